The van der Waals surface area contributed by atoms with Gasteiger partial charge in [-0.15, -0.1) is 0 Å². The highest BCUT2D eigenvalue weighted by Gasteiger charge is 2.24. The molecule has 3 heteroatoms. The summed E-state index contributed by atoms with van der Waals surface area (Å²) in [5.41, 5.74) is 0. The summed E-state index contributed by atoms with van der Waals surface area (Å²) in [6, 6.07) is 0. The van der Waals surface area contributed by atoms with Gasteiger partial charge in [0.15, 0.2) is 6.73 Å². The minimum atomic E-state index is 0. The van der Waals surface area contributed by atoms with Crippen molar-refractivity contribution in [3.05, 3.63) is 0 Å². The molecule has 0 fully saturated rings. The molecule has 2 nitrogen and oxygen atoms in total. The van der Waals surface area contributed by atoms with Crippen LogP contribution in [0.5, 0.6) is 0 Å². The molecule has 0 aliphatic rings. The maximum absolute atomic E-state index is 9.90. The minimum Gasteiger partial charge on any atom is -1.00 e. The van der Waals surface area contributed by atoms with E-state index in [1.54, 1.807) is 0 Å². The summed E-state index contributed by atoms with van der Waals surface area (Å²) in [6.45, 7) is 10.7. The Morgan fingerprint density at radius 1 is 0.600 bits per heavy atom. The van der Waals surface area contributed by atoms with Crippen molar-refractivity contribution in [3.63, 3.8) is 0 Å². The van der Waals surface area contributed by atoms with Crippen LogP contribution in [0.25, 0.3) is 0 Å². The fourth-order valence-corrected chi connectivity index (χ4v) is 2.82. The van der Waals surface area contributed by atoms with Gasteiger partial charge in [-0.2, -0.15) is 0 Å². The third-order valence-corrected chi connectivity index (χ3v) is 4.26. The lowest BCUT2D eigenvalue weighted by molar-refractivity contribution is -0.945. The molecule has 0 aliphatic carbocycles. The van der Waals surface area contributed by atoms with E-state index in [-0.39, 0.29) is 24.0 Å². The third kappa shape index (κ3) is 11.3. The second-order valence-electron chi connectivity index (χ2n) is 6.13. The summed E-state index contributed by atoms with van der Waals surface area (Å²) in [6.07, 6.45) is 13.0. The molecule has 0 saturated heterocycles. The lowest BCUT2D eigenvalue weighted by Crippen LogP contribution is -3.00. The molecule has 0 saturated carbocycles. The SMILES string of the molecule is CCCCCC[N+](CO)(CCCCC)CCCCC.[I-]. The van der Waals surface area contributed by atoms with Crippen molar-refractivity contribution in [2.45, 2.75) is 85.0 Å². The monoisotopic (exact) mass is 399 g/mol. The summed E-state index contributed by atoms with van der Waals surface area (Å²) < 4.78 is 0.962. The average Bonchev–Trinajstić information content (AvgIpc) is 2.43. The molecule has 0 aliphatic heterocycles. The van der Waals surface area contributed by atoms with Gasteiger partial charge < -0.3 is 33.6 Å². The summed E-state index contributed by atoms with van der Waals surface area (Å²) in [5.74, 6) is 0. The summed E-state index contributed by atoms with van der Waals surface area (Å²) in [7, 11) is 0. The van der Waals surface area contributed by atoms with Crippen molar-refractivity contribution in [1.29, 1.82) is 0 Å². The van der Waals surface area contributed by atoms with Gasteiger partial charge in [-0.3, -0.25) is 0 Å². The predicted molar refractivity (Wildman–Crippen MR) is 85.1 cm³/mol. The van der Waals surface area contributed by atoms with Gasteiger partial charge in [0.05, 0.1) is 19.6 Å². The summed E-state index contributed by atoms with van der Waals surface area (Å²) >= 11 is 0. The van der Waals surface area contributed by atoms with Crippen LogP contribution in [0.15, 0.2) is 0 Å². The molecule has 1 N–H and O–H groups in total. The summed E-state index contributed by atoms with van der Waals surface area (Å²) in [5, 5.41) is 9.90. The van der Waals surface area contributed by atoms with Gasteiger partial charge in [-0.25, -0.2) is 0 Å². The van der Waals surface area contributed by atoms with E-state index >= 15 is 0 Å². The van der Waals surface area contributed by atoms with Gasteiger partial charge in [0.1, 0.15) is 0 Å². The largest absolute Gasteiger partial charge is 1.00 e. The Labute approximate surface area is 144 Å². The van der Waals surface area contributed by atoms with Crippen molar-refractivity contribution >= 4 is 0 Å². The number of hydrogen-bond donors (Lipinski definition) is 1. The highest BCUT2D eigenvalue weighted by molar-refractivity contribution is 4.48. The van der Waals surface area contributed by atoms with Crippen molar-refractivity contribution in [2.75, 3.05) is 26.4 Å². The fourth-order valence-electron chi connectivity index (χ4n) is 2.82. The highest BCUT2D eigenvalue weighted by Crippen LogP contribution is 2.15. The zero-order valence-corrected chi connectivity index (χ0v) is 16.3. The Morgan fingerprint density at radius 2 is 0.950 bits per heavy atom. The van der Waals surface area contributed by atoms with E-state index in [9.17, 15) is 5.11 Å². The van der Waals surface area contributed by atoms with Gasteiger partial charge in [0.2, 0.25) is 0 Å². The van der Waals surface area contributed by atoms with Crippen molar-refractivity contribution in [3.8, 4) is 0 Å². The van der Waals surface area contributed by atoms with Crippen LogP contribution < -0.4 is 24.0 Å². The second kappa shape index (κ2) is 16.0. The van der Waals surface area contributed by atoms with E-state index in [0.717, 1.165) is 4.48 Å². The van der Waals surface area contributed by atoms with Crippen LogP contribution in [-0.2, 0) is 0 Å². The number of aliphatic hydroxyl groups excluding tert-OH is 1. The lowest BCUT2D eigenvalue weighted by atomic mass is 10.1. The van der Waals surface area contributed by atoms with Gasteiger partial charge in [0.25, 0.3) is 0 Å². The Kier molecular flexibility index (Phi) is 18.4. The van der Waals surface area contributed by atoms with Crippen LogP contribution in [0, 0.1) is 0 Å². The third-order valence-electron chi connectivity index (χ3n) is 4.26. The van der Waals surface area contributed by atoms with Crippen LogP contribution >= 0.6 is 0 Å². The van der Waals surface area contributed by atoms with E-state index in [1.807, 2.05) is 0 Å². The molecule has 0 bridgehead atoms. The van der Waals surface area contributed by atoms with Crippen LogP contribution in [0.4, 0.5) is 0 Å². The Bertz CT molecular complexity index is 178. The van der Waals surface area contributed by atoms with Crippen molar-refractivity contribution < 1.29 is 33.6 Å². The van der Waals surface area contributed by atoms with Gasteiger partial charge >= 0.3 is 0 Å². The van der Waals surface area contributed by atoms with Gasteiger partial charge in [0, 0.05) is 0 Å². The quantitative estimate of drug-likeness (QED) is 0.204. The molecule has 0 heterocycles. The topological polar surface area (TPSA) is 20.2 Å². The zero-order valence-electron chi connectivity index (χ0n) is 14.2. The van der Waals surface area contributed by atoms with E-state index < -0.39 is 0 Å². The maximum atomic E-state index is 9.90. The number of hydrogen-bond acceptors (Lipinski definition) is 1. The average molecular weight is 399 g/mol. The number of nitrogens with zero attached hydrogens (tertiary/aromatic N) is 1. The van der Waals surface area contributed by atoms with Crippen LogP contribution in [0.1, 0.15) is 85.0 Å². The second-order valence-corrected chi connectivity index (χ2v) is 6.13. The van der Waals surface area contributed by atoms with Crippen molar-refractivity contribution in [2.24, 2.45) is 0 Å². The van der Waals surface area contributed by atoms with Crippen LogP contribution in [-0.4, -0.2) is 36.0 Å². The summed E-state index contributed by atoms with van der Waals surface area (Å²) in [4.78, 5) is 0. The number of aliphatic hydroxyl groups is 1. The molecule has 124 valence electrons. The standard InChI is InChI=1S/C17H38NO.HI/c1-4-7-10-13-16-18(17-19,14-11-8-5-2)15-12-9-6-3;/h19H,4-17H2,1-3H3;1H/q+1;/p-1. The first-order valence-corrected chi connectivity index (χ1v) is 8.70. The normalized spacial score (nSPS) is 11.4. The molecule has 0 amide bonds. The molecule has 0 rings (SSSR count). The van der Waals surface area contributed by atoms with E-state index in [1.165, 1.54) is 83.8 Å². The molecule has 0 radical (unpaired) electrons. The van der Waals surface area contributed by atoms with E-state index in [4.69, 9.17) is 0 Å². The van der Waals surface area contributed by atoms with Gasteiger partial charge in [-0.1, -0.05) is 46.5 Å². The Hall–Kier alpha value is 0.650. The molecule has 0 unspecified atom stereocenters. The van der Waals surface area contributed by atoms with Crippen LogP contribution in [0.3, 0.4) is 0 Å². The maximum Gasteiger partial charge on any atom is 0.180 e. The molecular formula is C17H38INO. The van der Waals surface area contributed by atoms with Crippen LogP contribution in [0.2, 0.25) is 0 Å². The lowest BCUT2D eigenvalue weighted by Gasteiger charge is -2.37. The minimum absolute atomic E-state index is 0. The number of halogens is 1. The smallest absolute Gasteiger partial charge is 0.180 e. The number of rotatable bonds is 14. The Morgan fingerprint density at radius 3 is 1.30 bits per heavy atom. The highest BCUT2D eigenvalue weighted by atomic mass is 127. The first-order chi connectivity index (χ1) is 9.24. The number of unbranched alkanes of at least 4 members (excludes halogenated alkanes) is 7. The molecule has 0 aromatic carbocycles. The zero-order chi connectivity index (χ0) is 14.4. The first kappa shape index (κ1) is 22.9. The fraction of sp³-hybridized carbons (Fsp3) is 1.00. The molecule has 0 aromatic heterocycles. The predicted octanol–water partition coefficient (Wildman–Crippen LogP) is 1.72. The van der Waals surface area contributed by atoms with E-state index in [0.29, 0.717) is 6.73 Å². The van der Waals surface area contributed by atoms with E-state index in [2.05, 4.69) is 20.8 Å². The van der Waals surface area contributed by atoms with Crippen molar-refractivity contribution in [1.82, 2.24) is 0 Å². The molecule has 0 atom stereocenters. The number of quaternary nitrogens is 1. The van der Waals surface area contributed by atoms with Gasteiger partial charge in [-0.05, 0) is 38.5 Å². The Balaban J connectivity index is 0. The molecule has 20 heavy (non-hydrogen) atoms. The molecular weight excluding hydrogens is 361 g/mol. The molecule has 0 aromatic rings. The first-order valence-electron chi connectivity index (χ1n) is 8.70. The molecule has 0 spiro atoms.